The van der Waals surface area contributed by atoms with Crippen LogP contribution in [0.3, 0.4) is 0 Å². The summed E-state index contributed by atoms with van der Waals surface area (Å²) >= 11 is 0. The molecule has 0 aromatic heterocycles. The van der Waals surface area contributed by atoms with Crippen LogP contribution in [0.4, 0.5) is 0 Å². The summed E-state index contributed by atoms with van der Waals surface area (Å²) in [6.07, 6.45) is 1.72. The Bertz CT molecular complexity index is 556. The molecule has 2 atom stereocenters. The minimum absolute atomic E-state index is 0.0873. The lowest BCUT2D eigenvalue weighted by atomic mass is 10.0. The van der Waals surface area contributed by atoms with Gasteiger partial charge in [0.05, 0.1) is 7.11 Å². The molecule has 2 rings (SSSR count). The molecule has 22 heavy (non-hydrogen) atoms. The number of methoxy groups -OCH3 is 1. The summed E-state index contributed by atoms with van der Waals surface area (Å²) in [5, 5.41) is 2.72. The van der Waals surface area contributed by atoms with Crippen molar-refractivity contribution in [2.45, 2.75) is 24.9 Å². The maximum atomic E-state index is 12.4. The first-order chi connectivity index (χ1) is 10.6. The first kappa shape index (κ1) is 16.2. The van der Waals surface area contributed by atoms with Crippen molar-refractivity contribution in [3.63, 3.8) is 0 Å². The van der Waals surface area contributed by atoms with Crippen LogP contribution >= 0.6 is 0 Å². The summed E-state index contributed by atoms with van der Waals surface area (Å²) in [6, 6.07) is 8.98. The smallest absolute Gasteiger partial charge is 0.334 e. The molecule has 118 valence electrons. The summed E-state index contributed by atoms with van der Waals surface area (Å²) in [7, 11) is 2.97. The van der Waals surface area contributed by atoms with Gasteiger partial charge in [-0.15, -0.1) is 0 Å². The molecule has 1 amide bonds. The van der Waals surface area contributed by atoms with E-state index in [2.05, 4.69) is 11.9 Å². The third kappa shape index (κ3) is 3.20. The molecule has 1 aromatic carbocycles. The zero-order valence-corrected chi connectivity index (χ0v) is 13.0. The Morgan fingerprint density at radius 2 is 2.05 bits per heavy atom. The number of esters is 1. The average molecular weight is 302 g/mol. The predicted octanol–water partition coefficient (Wildman–Crippen LogP) is 1.67. The largest absolute Gasteiger partial charge is 0.466 e. The number of likely N-dealkylation sites (N-methyl/N-ethyl adjacent to an activating group) is 1. The van der Waals surface area contributed by atoms with Gasteiger partial charge in [0.2, 0.25) is 5.91 Å². The molecule has 5 heteroatoms. The number of carbonyl (C=O) groups is 2. The van der Waals surface area contributed by atoms with Gasteiger partial charge in [0.1, 0.15) is 6.04 Å². The van der Waals surface area contributed by atoms with Crippen LogP contribution < -0.4 is 5.32 Å². The van der Waals surface area contributed by atoms with E-state index in [0.717, 1.165) is 24.9 Å². The first-order valence-corrected chi connectivity index (χ1v) is 7.39. The third-order valence-electron chi connectivity index (χ3n) is 4.09. The van der Waals surface area contributed by atoms with Crippen molar-refractivity contribution >= 4 is 11.9 Å². The van der Waals surface area contributed by atoms with Gasteiger partial charge in [0.15, 0.2) is 0 Å². The second-order valence-electron chi connectivity index (χ2n) is 5.34. The van der Waals surface area contributed by atoms with Crippen LogP contribution in [0.2, 0.25) is 0 Å². The Labute approximate surface area is 130 Å². The average Bonchev–Trinajstić information content (AvgIpc) is 3.03. The summed E-state index contributed by atoms with van der Waals surface area (Å²) < 4.78 is 4.78. The van der Waals surface area contributed by atoms with Gasteiger partial charge in [-0.25, -0.2) is 4.79 Å². The summed E-state index contributed by atoms with van der Waals surface area (Å²) in [6.45, 7) is 4.61. The molecule has 1 fully saturated rings. The Morgan fingerprint density at radius 1 is 1.36 bits per heavy atom. The molecular weight excluding hydrogens is 280 g/mol. The van der Waals surface area contributed by atoms with Crippen LogP contribution in [0.15, 0.2) is 42.5 Å². The fraction of sp³-hybridized carbons (Fsp3) is 0.412. The second kappa shape index (κ2) is 7.22. The van der Waals surface area contributed by atoms with Gasteiger partial charge in [-0.1, -0.05) is 36.9 Å². The lowest BCUT2D eigenvalue weighted by Crippen LogP contribution is -2.43. The van der Waals surface area contributed by atoms with E-state index < -0.39 is 12.0 Å². The van der Waals surface area contributed by atoms with Crippen molar-refractivity contribution < 1.29 is 14.3 Å². The van der Waals surface area contributed by atoms with Crippen LogP contribution in [0.1, 0.15) is 24.4 Å². The van der Waals surface area contributed by atoms with Crippen molar-refractivity contribution in [2.24, 2.45) is 0 Å². The predicted molar refractivity (Wildman–Crippen MR) is 84.1 cm³/mol. The number of benzene rings is 1. The van der Waals surface area contributed by atoms with Crippen molar-refractivity contribution in [2.75, 3.05) is 20.7 Å². The topological polar surface area (TPSA) is 58.6 Å². The Hall–Kier alpha value is -2.14. The van der Waals surface area contributed by atoms with Gasteiger partial charge in [-0.3, -0.25) is 9.69 Å². The molecule has 1 N–H and O–H groups in total. The van der Waals surface area contributed by atoms with Gasteiger partial charge < -0.3 is 10.1 Å². The quantitative estimate of drug-likeness (QED) is 0.664. The number of likely N-dealkylation sites (tertiary alicyclic amines) is 1. The van der Waals surface area contributed by atoms with Crippen molar-refractivity contribution in [3.8, 4) is 0 Å². The zero-order chi connectivity index (χ0) is 16.1. The first-order valence-electron chi connectivity index (χ1n) is 7.39. The lowest BCUT2D eigenvalue weighted by Gasteiger charge is -2.32. The van der Waals surface area contributed by atoms with E-state index in [1.807, 2.05) is 35.2 Å². The monoisotopic (exact) mass is 302 g/mol. The van der Waals surface area contributed by atoms with E-state index in [-0.39, 0.29) is 11.9 Å². The summed E-state index contributed by atoms with van der Waals surface area (Å²) in [5.74, 6) is -0.503. The molecule has 0 aliphatic carbocycles. The number of nitrogens with one attached hydrogen (secondary N) is 1. The maximum absolute atomic E-state index is 12.4. The summed E-state index contributed by atoms with van der Waals surface area (Å²) in [4.78, 5) is 26.2. The normalized spacial score (nSPS) is 19.5. The number of nitrogens with zero attached hydrogens (tertiary/aromatic N) is 1. The van der Waals surface area contributed by atoms with Crippen molar-refractivity contribution in [3.05, 3.63) is 48.0 Å². The number of rotatable bonds is 5. The molecular formula is C17H22N2O3. The van der Waals surface area contributed by atoms with Gasteiger partial charge in [-0.2, -0.15) is 0 Å². The number of hydrogen-bond acceptors (Lipinski definition) is 4. The van der Waals surface area contributed by atoms with Gasteiger partial charge in [0.25, 0.3) is 0 Å². The highest BCUT2D eigenvalue weighted by molar-refractivity contribution is 5.89. The van der Waals surface area contributed by atoms with Gasteiger partial charge in [0, 0.05) is 18.7 Å². The molecule has 1 aromatic rings. The number of carbonyl (C=O) groups excluding carboxylic acids is 2. The molecule has 0 unspecified atom stereocenters. The van der Waals surface area contributed by atoms with Crippen LogP contribution in [-0.4, -0.2) is 43.5 Å². The van der Waals surface area contributed by atoms with E-state index in [4.69, 9.17) is 4.74 Å². The molecule has 0 spiro atoms. The standard InChI is InChI=1S/C17H22N2O3/c1-12(17(21)22-3)14-10-7-11-19(14)15(16(20)18-2)13-8-5-4-6-9-13/h4-6,8-9,14-15H,1,7,10-11H2,2-3H3,(H,18,20)/t14-,15+/m0/s1. The van der Waals surface area contributed by atoms with E-state index in [1.165, 1.54) is 7.11 Å². The highest BCUT2D eigenvalue weighted by atomic mass is 16.5. The molecule has 0 saturated carbocycles. The third-order valence-corrected chi connectivity index (χ3v) is 4.09. The number of ether oxygens (including phenoxy) is 1. The fourth-order valence-corrected chi connectivity index (χ4v) is 3.00. The molecule has 0 bridgehead atoms. The molecule has 1 aliphatic rings. The van der Waals surface area contributed by atoms with Crippen LogP contribution in [0.25, 0.3) is 0 Å². The molecule has 1 heterocycles. The number of hydrogen-bond donors (Lipinski definition) is 1. The molecule has 1 saturated heterocycles. The Morgan fingerprint density at radius 3 is 2.64 bits per heavy atom. The van der Waals surface area contributed by atoms with Crippen LogP contribution in [0.5, 0.6) is 0 Å². The molecule has 5 nitrogen and oxygen atoms in total. The highest BCUT2D eigenvalue weighted by Gasteiger charge is 2.38. The zero-order valence-electron chi connectivity index (χ0n) is 13.0. The molecule has 1 aliphatic heterocycles. The Kier molecular flexibility index (Phi) is 5.33. The highest BCUT2D eigenvalue weighted by Crippen LogP contribution is 2.33. The lowest BCUT2D eigenvalue weighted by molar-refractivity contribution is -0.137. The minimum Gasteiger partial charge on any atom is -0.466 e. The van der Waals surface area contributed by atoms with E-state index in [1.54, 1.807) is 7.05 Å². The molecule has 0 radical (unpaired) electrons. The fourth-order valence-electron chi connectivity index (χ4n) is 3.00. The number of amides is 1. The second-order valence-corrected chi connectivity index (χ2v) is 5.34. The van der Waals surface area contributed by atoms with Gasteiger partial charge in [-0.05, 0) is 24.9 Å². The van der Waals surface area contributed by atoms with E-state index >= 15 is 0 Å². The minimum atomic E-state index is -0.430. The van der Waals surface area contributed by atoms with Crippen molar-refractivity contribution in [1.82, 2.24) is 10.2 Å². The van der Waals surface area contributed by atoms with E-state index in [9.17, 15) is 9.59 Å². The SMILES string of the molecule is C=C(C(=O)OC)[C@@H]1CCCN1[C@@H](C(=O)NC)c1ccccc1. The summed E-state index contributed by atoms with van der Waals surface area (Å²) in [5.41, 5.74) is 1.32. The van der Waals surface area contributed by atoms with E-state index in [0.29, 0.717) is 5.57 Å². The maximum Gasteiger partial charge on any atom is 0.334 e. The van der Waals surface area contributed by atoms with Gasteiger partial charge >= 0.3 is 5.97 Å². The van der Waals surface area contributed by atoms with Crippen LogP contribution in [-0.2, 0) is 14.3 Å². The Balaban J connectivity index is 2.32. The van der Waals surface area contributed by atoms with Crippen LogP contribution in [0, 0.1) is 0 Å². The van der Waals surface area contributed by atoms with Crippen molar-refractivity contribution in [1.29, 1.82) is 0 Å².